The number of nitrogens with one attached hydrogen (secondary N) is 2. The Balaban J connectivity index is 3.31. The lowest BCUT2D eigenvalue weighted by molar-refractivity contribution is -0.127. The molecule has 0 saturated heterocycles. The van der Waals surface area contributed by atoms with Crippen molar-refractivity contribution in [3.05, 3.63) is 0 Å². The maximum absolute atomic E-state index is 11.2. The van der Waals surface area contributed by atoms with E-state index in [1.54, 1.807) is 6.92 Å². The van der Waals surface area contributed by atoms with Crippen LogP contribution in [0.4, 0.5) is 0 Å². The molecule has 5 heteroatoms. The molecule has 0 aliphatic rings. The van der Waals surface area contributed by atoms with Crippen LogP contribution < -0.4 is 10.6 Å². The van der Waals surface area contributed by atoms with E-state index < -0.39 is 0 Å². The van der Waals surface area contributed by atoms with Crippen LogP contribution in [0.2, 0.25) is 0 Å². The van der Waals surface area contributed by atoms with Crippen LogP contribution in [-0.2, 0) is 14.3 Å². The van der Waals surface area contributed by atoms with Crippen molar-refractivity contribution < 1.29 is 14.3 Å². The van der Waals surface area contributed by atoms with Gasteiger partial charge in [0.2, 0.25) is 11.8 Å². The normalized spacial score (nSPS) is 10.2. The van der Waals surface area contributed by atoms with Crippen molar-refractivity contribution in [2.45, 2.75) is 39.7 Å². The second-order valence-corrected chi connectivity index (χ2v) is 3.77. The summed E-state index contributed by atoms with van der Waals surface area (Å²) in [4.78, 5) is 22.0. The average Bonchev–Trinajstić information content (AvgIpc) is 2.25. The molecule has 0 spiro atoms. The second-order valence-electron chi connectivity index (χ2n) is 3.77. The van der Waals surface area contributed by atoms with E-state index in [9.17, 15) is 9.59 Å². The van der Waals surface area contributed by atoms with Crippen molar-refractivity contribution >= 4 is 11.8 Å². The third kappa shape index (κ3) is 9.45. The van der Waals surface area contributed by atoms with Gasteiger partial charge in [-0.15, -0.1) is 0 Å². The molecule has 0 radical (unpaired) electrons. The van der Waals surface area contributed by atoms with E-state index in [0.717, 1.165) is 6.42 Å². The van der Waals surface area contributed by atoms with Gasteiger partial charge in [-0.3, -0.25) is 9.59 Å². The van der Waals surface area contributed by atoms with E-state index in [0.29, 0.717) is 19.5 Å². The van der Waals surface area contributed by atoms with Crippen molar-refractivity contribution in [2.24, 2.45) is 0 Å². The number of carbonyl (C=O) groups is 2. The van der Waals surface area contributed by atoms with E-state index in [1.807, 2.05) is 13.8 Å². The number of ether oxygens (including phenoxy) is 1. The minimum Gasteiger partial charge on any atom is -0.369 e. The summed E-state index contributed by atoms with van der Waals surface area (Å²) in [7, 11) is 0. The fourth-order valence-electron chi connectivity index (χ4n) is 0.962. The molecular weight excluding hydrogens is 208 g/mol. The Morgan fingerprint density at radius 3 is 2.19 bits per heavy atom. The predicted octanol–water partition coefficient (Wildman–Crippen LogP) is 0.444. The van der Waals surface area contributed by atoms with Gasteiger partial charge < -0.3 is 15.4 Å². The Morgan fingerprint density at radius 2 is 1.69 bits per heavy atom. The molecule has 0 bridgehead atoms. The minimum atomic E-state index is -0.115. The Labute approximate surface area is 96.9 Å². The number of hydrogen-bond acceptors (Lipinski definition) is 3. The highest BCUT2D eigenvalue weighted by molar-refractivity contribution is 5.77. The number of hydrogen-bond donors (Lipinski definition) is 2. The first kappa shape index (κ1) is 14.9. The van der Waals surface area contributed by atoms with Crippen molar-refractivity contribution in [1.29, 1.82) is 0 Å². The summed E-state index contributed by atoms with van der Waals surface area (Å²) in [6, 6.07) is 0. The van der Waals surface area contributed by atoms with Crippen molar-refractivity contribution in [2.75, 3.05) is 19.7 Å². The van der Waals surface area contributed by atoms with Gasteiger partial charge >= 0.3 is 0 Å². The summed E-state index contributed by atoms with van der Waals surface area (Å²) >= 11 is 0. The number of carbonyl (C=O) groups excluding carboxylic acids is 2. The zero-order valence-electron chi connectivity index (χ0n) is 10.3. The van der Waals surface area contributed by atoms with E-state index in [1.165, 1.54) is 0 Å². The molecule has 0 aromatic rings. The first-order chi connectivity index (χ1) is 7.56. The summed E-state index contributed by atoms with van der Waals surface area (Å²) in [5.41, 5.74) is 0. The van der Waals surface area contributed by atoms with Crippen LogP contribution in [-0.4, -0.2) is 37.6 Å². The molecule has 0 saturated carbocycles. The predicted molar refractivity (Wildman–Crippen MR) is 62.0 cm³/mol. The lowest BCUT2D eigenvalue weighted by Gasteiger charge is -2.08. The van der Waals surface area contributed by atoms with E-state index >= 15 is 0 Å². The number of rotatable bonds is 8. The topological polar surface area (TPSA) is 67.4 Å². The molecule has 0 aliphatic heterocycles. The maximum Gasteiger partial charge on any atom is 0.246 e. The molecule has 0 fully saturated rings. The van der Waals surface area contributed by atoms with Gasteiger partial charge in [-0.1, -0.05) is 6.92 Å². The summed E-state index contributed by atoms with van der Waals surface area (Å²) in [6.45, 7) is 6.82. The SMILES string of the molecule is CCC(=O)NCCCNC(=O)COC(C)C. The van der Waals surface area contributed by atoms with Gasteiger partial charge in [0.1, 0.15) is 6.61 Å². The highest BCUT2D eigenvalue weighted by atomic mass is 16.5. The van der Waals surface area contributed by atoms with Gasteiger partial charge in [0.15, 0.2) is 0 Å². The van der Waals surface area contributed by atoms with Crippen LogP contribution in [0.15, 0.2) is 0 Å². The lowest BCUT2D eigenvalue weighted by atomic mass is 10.4. The van der Waals surface area contributed by atoms with Gasteiger partial charge in [0.05, 0.1) is 6.10 Å². The largest absolute Gasteiger partial charge is 0.369 e. The molecule has 0 aliphatic carbocycles. The van der Waals surface area contributed by atoms with E-state index in [-0.39, 0.29) is 24.5 Å². The summed E-state index contributed by atoms with van der Waals surface area (Å²) in [5, 5.41) is 5.45. The first-order valence-corrected chi connectivity index (χ1v) is 5.71. The zero-order chi connectivity index (χ0) is 12.4. The summed E-state index contributed by atoms with van der Waals surface area (Å²) in [6.07, 6.45) is 1.29. The summed E-state index contributed by atoms with van der Waals surface area (Å²) in [5.74, 6) is -0.0787. The molecular formula is C11H22N2O3. The van der Waals surface area contributed by atoms with Crippen LogP contribution in [0.5, 0.6) is 0 Å². The van der Waals surface area contributed by atoms with Crippen molar-refractivity contribution in [3.63, 3.8) is 0 Å². The molecule has 0 unspecified atom stereocenters. The van der Waals surface area contributed by atoms with Crippen LogP contribution >= 0.6 is 0 Å². The second kappa shape index (κ2) is 9.15. The Morgan fingerprint density at radius 1 is 1.12 bits per heavy atom. The first-order valence-electron chi connectivity index (χ1n) is 5.71. The maximum atomic E-state index is 11.2. The molecule has 0 aromatic carbocycles. The smallest absolute Gasteiger partial charge is 0.246 e. The standard InChI is InChI=1S/C11H22N2O3/c1-4-10(14)12-6-5-7-13-11(15)8-16-9(2)3/h9H,4-8H2,1-3H3,(H,12,14)(H,13,15). The Kier molecular flexibility index (Phi) is 8.52. The van der Waals surface area contributed by atoms with Crippen LogP contribution in [0.3, 0.4) is 0 Å². The van der Waals surface area contributed by atoms with Gasteiger partial charge in [-0.25, -0.2) is 0 Å². The van der Waals surface area contributed by atoms with Gasteiger partial charge in [0, 0.05) is 19.5 Å². The zero-order valence-corrected chi connectivity index (χ0v) is 10.3. The van der Waals surface area contributed by atoms with E-state index in [4.69, 9.17) is 4.74 Å². The van der Waals surface area contributed by atoms with Gasteiger partial charge in [-0.2, -0.15) is 0 Å². The fourth-order valence-corrected chi connectivity index (χ4v) is 0.962. The highest BCUT2D eigenvalue weighted by Crippen LogP contribution is 1.86. The minimum absolute atomic E-state index is 0.0365. The van der Waals surface area contributed by atoms with Crippen LogP contribution in [0.25, 0.3) is 0 Å². The van der Waals surface area contributed by atoms with Crippen molar-refractivity contribution in [3.8, 4) is 0 Å². The fraction of sp³-hybridized carbons (Fsp3) is 0.818. The molecule has 0 rings (SSSR count). The molecule has 94 valence electrons. The molecule has 5 nitrogen and oxygen atoms in total. The highest BCUT2D eigenvalue weighted by Gasteiger charge is 2.02. The lowest BCUT2D eigenvalue weighted by Crippen LogP contribution is -2.32. The van der Waals surface area contributed by atoms with Gasteiger partial charge in [0.25, 0.3) is 0 Å². The van der Waals surface area contributed by atoms with Crippen LogP contribution in [0.1, 0.15) is 33.6 Å². The monoisotopic (exact) mass is 230 g/mol. The quantitative estimate of drug-likeness (QED) is 0.595. The van der Waals surface area contributed by atoms with E-state index in [2.05, 4.69) is 10.6 Å². The number of amides is 2. The Hall–Kier alpha value is -1.10. The third-order valence-electron chi connectivity index (χ3n) is 1.87. The molecule has 16 heavy (non-hydrogen) atoms. The molecule has 0 atom stereocenters. The molecule has 2 amide bonds. The Bertz CT molecular complexity index is 217. The van der Waals surface area contributed by atoms with Crippen LogP contribution in [0, 0.1) is 0 Å². The third-order valence-corrected chi connectivity index (χ3v) is 1.87. The molecule has 2 N–H and O–H groups in total. The van der Waals surface area contributed by atoms with Gasteiger partial charge in [-0.05, 0) is 20.3 Å². The van der Waals surface area contributed by atoms with Crippen molar-refractivity contribution in [1.82, 2.24) is 10.6 Å². The summed E-state index contributed by atoms with van der Waals surface area (Å²) < 4.78 is 5.13. The molecule has 0 aromatic heterocycles. The molecule has 0 heterocycles. The average molecular weight is 230 g/mol.